The minimum absolute atomic E-state index is 0.0934. The molecule has 2 nitrogen and oxygen atoms in total. The maximum atomic E-state index is 9.53. The van der Waals surface area contributed by atoms with Crippen LogP contribution in [0.25, 0.3) is 0 Å². The third kappa shape index (κ3) is 3.73. The summed E-state index contributed by atoms with van der Waals surface area (Å²) in [5.74, 6) is 0. The number of aliphatic hydroxyl groups excluding tert-OH is 1. The summed E-state index contributed by atoms with van der Waals surface area (Å²) in [7, 11) is 0. The third-order valence-electron chi connectivity index (χ3n) is 1.98. The van der Waals surface area contributed by atoms with Crippen molar-refractivity contribution in [3.8, 4) is 0 Å². The van der Waals surface area contributed by atoms with Gasteiger partial charge in [0.05, 0.1) is 6.10 Å². The Kier molecular flexibility index (Phi) is 4.04. The fourth-order valence-electron chi connectivity index (χ4n) is 0.617. The van der Waals surface area contributed by atoms with Crippen molar-refractivity contribution < 1.29 is 9.84 Å². The van der Waals surface area contributed by atoms with Crippen molar-refractivity contribution in [2.45, 2.75) is 53.4 Å². The van der Waals surface area contributed by atoms with Gasteiger partial charge in [-0.3, -0.25) is 0 Å². The molecule has 0 aromatic carbocycles. The zero-order valence-corrected chi connectivity index (χ0v) is 8.22. The van der Waals surface area contributed by atoms with Crippen LogP contribution in [0.4, 0.5) is 0 Å². The van der Waals surface area contributed by atoms with E-state index >= 15 is 0 Å². The van der Waals surface area contributed by atoms with E-state index in [-0.39, 0.29) is 11.5 Å². The Balaban J connectivity index is 3.90. The number of aliphatic hydroxyl groups is 1. The van der Waals surface area contributed by atoms with E-state index < -0.39 is 6.29 Å². The van der Waals surface area contributed by atoms with Gasteiger partial charge in [-0.25, -0.2) is 0 Å². The normalized spacial score (nSPS) is 15.5. The molecule has 0 amide bonds. The lowest BCUT2D eigenvalue weighted by atomic mass is 9.89. The van der Waals surface area contributed by atoms with Crippen molar-refractivity contribution in [2.24, 2.45) is 5.41 Å². The van der Waals surface area contributed by atoms with Crippen LogP contribution in [0.1, 0.15) is 41.0 Å². The first-order valence-electron chi connectivity index (χ1n) is 4.23. The van der Waals surface area contributed by atoms with Crippen LogP contribution in [0.15, 0.2) is 0 Å². The average Bonchev–Trinajstić information content (AvgIpc) is 1.86. The largest absolute Gasteiger partial charge is 0.367 e. The van der Waals surface area contributed by atoms with Crippen LogP contribution in [0, 0.1) is 5.41 Å². The second-order valence-electron chi connectivity index (χ2n) is 3.88. The summed E-state index contributed by atoms with van der Waals surface area (Å²) < 4.78 is 5.26. The number of hydrogen-bond donors (Lipinski definition) is 1. The third-order valence-corrected chi connectivity index (χ3v) is 1.98. The van der Waals surface area contributed by atoms with Gasteiger partial charge in [-0.15, -0.1) is 0 Å². The summed E-state index contributed by atoms with van der Waals surface area (Å²) in [5.41, 5.74) is -0.135. The average molecular weight is 160 g/mol. The van der Waals surface area contributed by atoms with Gasteiger partial charge in [0.25, 0.3) is 0 Å². The van der Waals surface area contributed by atoms with E-state index in [1.54, 1.807) is 0 Å². The molecule has 0 aromatic rings. The minimum atomic E-state index is -0.646. The number of hydrogen-bond acceptors (Lipinski definition) is 2. The van der Waals surface area contributed by atoms with Gasteiger partial charge in [0.2, 0.25) is 0 Å². The molecular formula is C9H20O2. The van der Waals surface area contributed by atoms with Crippen LogP contribution in [-0.4, -0.2) is 17.5 Å². The molecular weight excluding hydrogens is 140 g/mol. The summed E-state index contributed by atoms with van der Waals surface area (Å²) in [6.07, 6.45) is 0.365. The lowest BCUT2D eigenvalue weighted by molar-refractivity contribution is -0.185. The molecule has 0 aliphatic heterocycles. The molecule has 0 rings (SSSR count). The Morgan fingerprint density at radius 1 is 1.36 bits per heavy atom. The van der Waals surface area contributed by atoms with Gasteiger partial charge >= 0.3 is 0 Å². The molecule has 1 atom stereocenters. The molecule has 0 aliphatic carbocycles. The summed E-state index contributed by atoms with van der Waals surface area (Å²) in [5, 5.41) is 9.53. The summed E-state index contributed by atoms with van der Waals surface area (Å²) in [6.45, 7) is 9.90. The predicted molar refractivity (Wildman–Crippen MR) is 46.3 cm³/mol. The molecule has 0 saturated carbocycles. The van der Waals surface area contributed by atoms with Gasteiger partial charge in [-0.1, -0.05) is 20.8 Å². The van der Waals surface area contributed by atoms with Crippen molar-refractivity contribution in [3.63, 3.8) is 0 Å². The Morgan fingerprint density at radius 2 is 1.82 bits per heavy atom. The summed E-state index contributed by atoms with van der Waals surface area (Å²) in [4.78, 5) is 0. The molecule has 0 radical (unpaired) electrons. The summed E-state index contributed by atoms with van der Waals surface area (Å²) in [6, 6.07) is 0. The maximum absolute atomic E-state index is 9.53. The van der Waals surface area contributed by atoms with Crippen LogP contribution in [-0.2, 0) is 4.74 Å². The fraction of sp³-hybridized carbons (Fsp3) is 1.00. The van der Waals surface area contributed by atoms with Crippen molar-refractivity contribution in [1.82, 2.24) is 0 Å². The Hall–Kier alpha value is -0.0800. The Morgan fingerprint density at radius 3 is 2.09 bits per heavy atom. The van der Waals surface area contributed by atoms with E-state index in [9.17, 15) is 5.11 Å². The molecule has 68 valence electrons. The highest BCUT2D eigenvalue weighted by atomic mass is 16.6. The highest BCUT2D eigenvalue weighted by molar-refractivity contribution is 4.69. The second kappa shape index (κ2) is 4.07. The molecule has 0 fully saturated rings. The lowest BCUT2D eigenvalue weighted by Crippen LogP contribution is -2.33. The van der Waals surface area contributed by atoms with Crippen molar-refractivity contribution >= 4 is 0 Å². The fourth-order valence-corrected chi connectivity index (χ4v) is 0.617. The molecule has 0 saturated heterocycles. The smallest absolute Gasteiger partial charge is 0.159 e. The Labute approximate surface area is 69.6 Å². The highest BCUT2D eigenvalue weighted by Gasteiger charge is 2.26. The SMILES string of the molecule is CCC(C)(C)C(O)OC(C)C. The van der Waals surface area contributed by atoms with E-state index in [0.29, 0.717) is 0 Å². The molecule has 2 heteroatoms. The van der Waals surface area contributed by atoms with Crippen molar-refractivity contribution in [2.75, 3.05) is 0 Å². The molecule has 1 unspecified atom stereocenters. The molecule has 1 N–H and O–H groups in total. The molecule has 0 bridgehead atoms. The van der Waals surface area contributed by atoms with Crippen molar-refractivity contribution in [3.05, 3.63) is 0 Å². The monoisotopic (exact) mass is 160 g/mol. The van der Waals surface area contributed by atoms with E-state index in [0.717, 1.165) is 6.42 Å². The van der Waals surface area contributed by atoms with Crippen molar-refractivity contribution in [1.29, 1.82) is 0 Å². The zero-order chi connectivity index (χ0) is 9.07. The molecule has 11 heavy (non-hydrogen) atoms. The highest BCUT2D eigenvalue weighted by Crippen LogP contribution is 2.25. The van der Waals surface area contributed by atoms with Crippen LogP contribution in [0.5, 0.6) is 0 Å². The van der Waals surface area contributed by atoms with Crippen LogP contribution in [0.2, 0.25) is 0 Å². The lowest BCUT2D eigenvalue weighted by Gasteiger charge is -2.30. The van der Waals surface area contributed by atoms with Gasteiger partial charge in [0.1, 0.15) is 0 Å². The van der Waals surface area contributed by atoms with Crippen LogP contribution in [0.3, 0.4) is 0 Å². The first-order chi connectivity index (χ1) is 4.90. The minimum Gasteiger partial charge on any atom is -0.367 e. The molecule has 0 aliphatic rings. The zero-order valence-electron chi connectivity index (χ0n) is 8.22. The first-order valence-corrected chi connectivity index (χ1v) is 4.23. The van der Waals surface area contributed by atoms with Gasteiger partial charge < -0.3 is 9.84 Å². The van der Waals surface area contributed by atoms with Crippen LogP contribution >= 0.6 is 0 Å². The molecule has 0 heterocycles. The van der Waals surface area contributed by atoms with E-state index in [4.69, 9.17) is 4.74 Å². The first kappa shape index (κ1) is 10.9. The van der Waals surface area contributed by atoms with Gasteiger partial charge in [0.15, 0.2) is 6.29 Å². The number of ether oxygens (including phenoxy) is 1. The second-order valence-corrected chi connectivity index (χ2v) is 3.88. The predicted octanol–water partition coefficient (Wildman–Crippen LogP) is 2.17. The quantitative estimate of drug-likeness (QED) is 0.639. The van der Waals surface area contributed by atoms with E-state index in [1.807, 2.05) is 34.6 Å². The topological polar surface area (TPSA) is 29.5 Å². The maximum Gasteiger partial charge on any atom is 0.159 e. The van der Waals surface area contributed by atoms with Gasteiger partial charge in [-0.2, -0.15) is 0 Å². The van der Waals surface area contributed by atoms with Gasteiger partial charge in [0, 0.05) is 5.41 Å². The van der Waals surface area contributed by atoms with Gasteiger partial charge in [-0.05, 0) is 20.3 Å². The summed E-state index contributed by atoms with van der Waals surface area (Å²) >= 11 is 0. The molecule has 0 aromatic heterocycles. The standard InChI is InChI=1S/C9H20O2/c1-6-9(4,5)8(10)11-7(2)3/h7-8,10H,6H2,1-5H3. The molecule has 0 spiro atoms. The van der Waals surface area contributed by atoms with E-state index in [1.165, 1.54) is 0 Å². The van der Waals surface area contributed by atoms with E-state index in [2.05, 4.69) is 0 Å². The van der Waals surface area contributed by atoms with Crippen LogP contribution < -0.4 is 0 Å². The Bertz CT molecular complexity index is 108. The number of rotatable bonds is 4.